The average molecular weight is 329 g/mol. The van der Waals surface area contributed by atoms with Crippen LogP contribution in [0.2, 0.25) is 0 Å². The predicted octanol–water partition coefficient (Wildman–Crippen LogP) is 2.57. The minimum absolute atomic E-state index is 0.195. The lowest BCUT2D eigenvalue weighted by Crippen LogP contribution is -2.37. The maximum absolute atomic E-state index is 12.5. The lowest BCUT2D eigenvalue weighted by molar-refractivity contribution is -0.146. The molecule has 0 saturated carbocycles. The summed E-state index contributed by atoms with van der Waals surface area (Å²) in [6.45, 7) is 2.27. The van der Waals surface area contributed by atoms with Gasteiger partial charge in [0.05, 0.1) is 18.2 Å². The molecule has 1 aromatic carbocycles. The van der Waals surface area contributed by atoms with Gasteiger partial charge in [-0.3, -0.25) is 9.78 Å². The normalized spacial score (nSPS) is 20.2. The zero-order valence-corrected chi connectivity index (χ0v) is 13.6. The van der Waals surface area contributed by atoms with Crippen molar-refractivity contribution < 1.29 is 19.4 Å². The number of carboxylic acid groups (broad SMARTS) is 1. The van der Waals surface area contributed by atoms with Gasteiger partial charge in [-0.2, -0.15) is 0 Å². The number of carboxylic acids is 1. The summed E-state index contributed by atoms with van der Waals surface area (Å²) < 4.78 is 5.29. The number of benzene rings is 1. The zero-order chi connectivity index (χ0) is 17.3. The lowest BCUT2D eigenvalue weighted by atomic mass is 9.90. The summed E-state index contributed by atoms with van der Waals surface area (Å²) in [4.78, 5) is 29.6. The second-order valence-electron chi connectivity index (χ2n) is 6.18. The molecule has 1 unspecified atom stereocenters. The Bertz CT molecular complexity index is 808. The van der Waals surface area contributed by atoms with Gasteiger partial charge in [-0.05, 0) is 37.6 Å². The fraction of sp³-hybridized carbons (Fsp3) is 0.353. The maximum atomic E-state index is 12.5. The average Bonchev–Trinajstić information content (AvgIpc) is 2.99. The lowest BCUT2D eigenvalue weighted by Gasteiger charge is -2.21. The summed E-state index contributed by atoms with van der Waals surface area (Å²) in [6.07, 6.45) is 2.11. The molecule has 2 aromatic rings. The number of fused-ring (bicyclic) bond motifs is 1. The molecular weight excluding hydrogens is 310 g/mol. The Balaban J connectivity index is 1.83. The third kappa shape index (κ3) is 2.73. The van der Waals surface area contributed by atoms with Crippen molar-refractivity contribution in [2.75, 3.05) is 25.5 Å². The molecule has 0 bridgehead atoms. The monoisotopic (exact) mass is 329 g/mol. The largest absolute Gasteiger partial charge is 0.494 e. The van der Waals surface area contributed by atoms with E-state index in [1.165, 1.54) is 4.90 Å². The van der Waals surface area contributed by atoms with Crippen LogP contribution in [-0.2, 0) is 4.79 Å². The molecule has 24 heavy (non-hydrogen) atoms. The van der Waals surface area contributed by atoms with E-state index in [0.717, 1.165) is 5.39 Å². The van der Waals surface area contributed by atoms with Gasteiger partial charge in [-0.15, -0.1) is 0 Å². The van der Waals surface area contributed by atoms with Crippen molar-refractivity contribution in [1.29, 1.82) is 0 Å². The summed E-state index contributed by atoms with van der Waals surface area (Å²) in [6, 6.07) is 6.83. The second kappa shape index (κ2) is 5.99. The standard InChI is InChI=1S/C17H19N3O4/c1-17(15(21)22)7-9-20(10-17)16(23)19-12-5-6-13(24-2)14-11(12)4-3-8-18-14/h3-6,8H,7,9-10H2,1-2H3,(H,19,23)(H,21,22). The van der Waals surface area contributed by atoms with Crippen molar-refractivity contribution in [3.8, 4) is 5.75 Å². The van der Waals surface area contributed by atoms with Crippen molar-refractivity contribution in [3.63, 3.8) is 0 Å². The van der Waals surface area contributed by atoms with Gasteiger partial charge in [0.2, 0.25) is 0 Å². The molecule has 2 heterocycles. The molecule has 1 atom stereocenters. The number of ether oxygens (including phenoxy) is 1. The smallest absolute Gasteiger partial charge is 0.321 e. The van der Waals surface area contributed by atoms with Crippen LogP contribution in [0, 0.1) is 5.41 Å². The number of anilines is 1. The first-order valence-corrected chi connectivity index (χ1v) is 7.66. The summed E-state index contributed by atoms with van der Waals surface area (Å²) in [5.41, 5.74) is 0.392. The summed E-state index contributed by atoms with van der Waals surface area (Å²) >= 11 is 0. The number of likely N-dealkylation sites (tertiary alicyclic amines) is 1. The van der Waals surface area contributed by atoms with E-state index in [0.29, 0.717) is 29.9 Å². The highest BCUT2D eigenvalue weighted by molar-refractivity contribution is 6.02. The van der Waals surface area contributed by atoms with Crippen LogP contribution in [0.5, 0.6) is 5.75 Å². The highest BCUT2D eigenvalue weighted by Gasteiger charge is 2.42. The molecule has 0 spiro atoms. The Morgan fingerprint density at radius 2 is 2.17 bits per heavy atom. The first kappa shape index (κ1) is 16.0. The number of amides is 2. The number of carbonyl (C=O) groups excluding carboxylic acids is 1. The first-order chi connectivity index (χ1) is 11.4. The van der Waals surface area contributed by atoms with Crippen LogP contribution in [0.1, 0.15) is 13.3 Å². The number of methoxy groups -OCH3 is 1. The second-order valence-corrected chi connectivity index (χ2v) is 6.18. The van der Waals surface area contributed by atoms with E-state index in [1.807, 2.05) is 6.07 Å². The Kier molecular flexibility index (Phi) is 4.01. The van der Waals surface area contributed by atoms with Crippen LogP contribution in [-0.4, -0.2) is 47.2 Å². The van der Waals surface area contributed by atoms with Crippen LogP contribution >= 0.6 is 0 Å². The van der Waals surface area contributed by atoms with E-state index in [1.54, 1.807) is 38.4 Å². The number of carbonyl (C=O) groups is 2. The molecule has 7 nitrogen and oxygen atoms in total. The topological polar surface area (TPSA) is 91.8 Å². The van der Waals surface area contributed by atoms with Crippen molar-refractivity contribution in [2.24, 2.45) is 5.41 Å². The zero-order valence-electron chi connectivity index (χ0n) is 13.6. The van der Waals surface area contributed by atoms with Gasteiger partial charge in [-0.25, -0.2) is 4.79 Å². The van der Waals surface area contributed by atoms with Gasteiger partial charge in [0.25, 0.3) is 0 Å². The quantitative estimate of drug-likeness (QED) is 0.903. The van der Waals surface area contributed by atoms with Crippen LogP contribution < -0.4 is 10.1 Å². The molecule has 126 valence electrons. The van der Waals surface area contributed by atoms with Crippen molar-refractivity contribution >= 4 is 28.6 Å². The van der Waals surface area contributed by atoms with Gasteiger partial charge >= 0.3 is 12.0 Å². The minimum Gasteiger partial charge on any atom is -0.494 e. The van der Waals surface area contributed by atoms with E-state index in [9.17, 15) is 14.7 Å². The Hall–Kier alpha value is -2.83. The molecule has 1 aromatic heterocycles. The van der Waals surface area contributed by atoms with Crippen LogP contribution in [0.25, 0.3) is 10.9 Å². The number of nitrogens with one attached hydrogen (secondary N) is 1. The first-order valence-electron chi connectivity index (χ1n) is 7.66. The molecule has 1 fully saturated rings. The molecular formula is C17H19N3O4. The SMILES string of the molecule is COc1ccc(NC(=O)N2CCC(C)(C(=O)O)C2)c2cccnc12. The summed E-state index contributed by atoms with van der Waals surface area (Å²) in [7, 11) is 1.57. The van der Waals surface area contributed by atoms with Crippen molar-refractivity contribution in [2.45, 2.75) is 13.3 Å². The molecule has 2 amide bonds. The molecule has 1 aliphatic rings. The van der Waals surface area contributed by atoms with Crippen LogP contribution in [0.3, 0.4) is 0 Å². The molecule has 1 aliphatic heterocycles. The number of hydrogen-bond donors (Lipinski definition) is 2. The predicted molar refractivity (Wildman–Crippen MR) is 89.2 cm³/mol. The summed E-state index contributed by atoms with van der Waals surface area (Å²) in [5.74, 6) is -0.250. The van der Waals surface area contributed by atoms with Gasteiger partial charge in [0.1, 0.15) is 11.3 Å². The van der Waals surface area contributed by atoms with Crippen molar-refractivity contribution in [1.82, 2.24) is 9.88 Å². The van der Waals surface area contributed by atoms with Gasteiger partial charge < -0.3 is 20.1 Å². The number of aliphatic carboxylic acids is 1. The minimum atomic E-state index is -0.888. The van der Waals surface area contributed by atoms with Gasteiger partial charge in [-0.1, -0.05) is 0 Å². The van der Waals surface area contributed by atoms with Gasteiger partial charge in [0.15, 0.2) is 0 Å². The van der Waals surface area contributed by atoms with Crippen molar-refractivity contribution in [3.05, 3.63) is 30.5 Å². The molecule has 3 rings (SSSR count). The van der Waals surface area contributed by atoms with E-state index in [4.69, 9.17) is 4.74 Å². The number of aromatic nitrogens is 1. The van der Waals surface area contributed by atoms with E-state index < -0.39 is 11.4 Å². The Morgan fingerprint density at radius 1 is 1.38 bits per heavy atom. The third-order valence-corrected chi connectivity index (χ3v) is 4.47. The highest BCUT2D eigenvalue weighted by Crippen LogP contribution is 2.32. The molecule has 2 N–H and O–H groups in total. The number of pyridine rings is 1. The fourth-order valence-electron chi connectivity index (χ4n) is 2.92. The van der Waals surface area contributed by atoms with Crippen LogP contribution in [0.15, 0.2) is 30.5 Å². The maximum Gasteiger partial charge on any atom is 0.321 e. The number of urea groups is 1. The number of hydrogen-bond acceptors (Lipinski definition) is 4. The fourth-order valence-corrected chi connectivity index (χ4v) is 2.92. The number of nitrogens with zero attached hydrogens (tertiary/aromatic N) is 2. The number of rotatable bonds is 3. The van der Waals surface area contributed by atoms with E-state index in [2.05, 4.69) is 10.3 Å². The van der Waals surface area contributed by atoms with E-state index in [-0.39, 0.29) is 12.6 Å². The Morgan fingerprint density at radius 3 is 2.83 bits per heavy atom. The molecule has 7 heteroatoms. The molecule has 0 aliphatic carbocycles. The molecule has 0 radical (unpaired) electrons. The summed E-state index contributed by atoms with van der Waals surface area (Å²) in [5, 5.41) is 12.9. The van der Waals surface area contributed by atoms with Crippen LogP contribution in [0.4, 0.5) is 10.5 Å². The molecule has 1 saturated heterocycles. The Labute approximate surface area is 139 Å². The van der Waals surface area contributed by atoms with E-state index >= 15 is 0 Å². The van der Waals surface area contributed by atoms with Gasteiger partial charge in [0, 0.05) is 24.7 Å². The third-order valence-electron chi connectivity index (χ3n) is 4.47. The highest BCUT2D eigenvalue weighted by atomic mass is 16.5.